The number of primary amides is 1. The van der Waals surface area contributed by atoms with E-state index in [1.165, 1.54) is 6.20 Å². The van der Waals surface area contributed by atoms with E-state index in [0.29, 0.717) is 11.5 Å². The average molecular weight is 257 g/mol. The lowest BCUT2D eigenvalue weighted by Gasteiger charge is -1.96. The zero-order chi connectivity index (χ0) is 13.4. The Kier molecular flexibility index (Phi) is 2.45. The van der Waals surface area contributed by atoms with Gasteiger partial charge in [0.25, 0.3) is 0 Å². The van der Waals surface area contributed by atoms with Crippen molar-refractivity contribution in [2.24, 2.45) is 5.73 Å². The number of amides is 1. The van der Waals surface area contributed by atoms with Gasteiger partial charge in [0.15, 0.2) is 5.82 Å². The molecule has 0 atom stereocenters. The summed E-state index contributed by atoms with van der Waals surface area (Å²) in [5, 5.41) is 4.03. The smallest absolute Gasteiger partial charge is 0.339 e. The van der Waals surface area contributed by atoms with Gasteiger partial charge >= 0.3 is 6.03 Å². The monoisotopic (exact) mass is 257 g/mol. The number of H-pyrrole nitrogens is 1. The third-order valence-electron chi connectivity index (χ3n) is 2.75. The number of aromatic amines is 1. The number of carbonyl (C=O) groups excluding carboxylic acids is 1. The Morgan fingerprint density at radius 1 is 1.42 bits per heavy atom. The molecule has 2 heterocycles. The van der Waals surface area contributed by atoms with Crippen molar-refractivity contribution in [3.63, 3.8) is 0 Å². The first-order chi connectivity index (χ1) is 9.17. The molecule has 0 aliphatic heterocycles. The highest BCUT2D eigenvalue weighted by Gasteiger charge is 2.10. The van der Waals surface area contributed by atoms with Crippen LogP contribution < -0.4 is 10.5 Å². The number of benzene rings is 1. The van der Waals surface area contributed by atoms with E-state index in [0.717, 1.165) is 21.5 Å². The summed E-state index contributed by atoms with van der Waals surface area (Å²) in [7, 11) is 1.60. The molecule has 0 saturated carbocycles. The maximum Gasteiger partial charge on any atom is 0.339 e. The van der Waals surface area contributed by atoms with Crippen LogP contribution in [0.15, 0.2) is 30.5 Å². The largest absolute Gasteiger partial charge is 0.497 e. The average Bonchev–Trinajstić information content (AvgIpc) is 3.04. The number of nitrogens with one attached hydrogen (secondary N) is 1. The lowest BCUT2D eigenvalue weighted by atomic mass is 10.3. The quantitative estimate of drug-likeness (QED) is 0.724. The first kappa shape index (κ1) is 11.3. The third kappa shape index (κ3) is 1.90. The predicted octanol–water partition coefficient (Wildman–Crippen LogP) is 1.36. The summed E-state index contributed by atoms with van der Waals surface area (Å²) in [6.45, 7) is 0. The van der Waals surface area contributed by atoms with Crippen molar-refractivity contribution in [1.29, 1.82) is 0 Å². The van der Waals surface area contributed by atoms with E-state index in [2.05, 4.69) is 15.1 Å². The minimum absolute atomic E-state index is 0.550. The molecule has 19 heavy (non-hydrogen) atoms. The van der Waals surface area contributed by atoms with Crippen LogP contribution in [0.2, 0.25) is 0 Å². The van der Waals surface area contributed by atoms with Crippen molar-refractivity contribution in [3.8, 4) is 17.3 Å². The fraction of sp³-hybridized carbons (Fsp3) is 0.0833. The van der Waals surface area contributed by atoms with E-state index in [1.54, 1.807) is 13.2 Å². The number of hydrogen-bond acceptors (Lipinski definition) is 4. The zero-order valence-corrected chi connectivity index (χ0v) is 10.1. The predicted molar refractivity (Wildman–Crippen MR) is 68.8 cm³/mol. The maximum absolute atomic E-state index is 11.0. The molecule has 0 radical (unpaired) electrons. The van der Waals surface area contributed by atoms with Gasteiger partial charge in [-0.2, -0.15) is 9.78 Å². The maximum atomic E-state index is 11.0. The molecule has 2 aromatic heterocycles. The van der Waals surface area contributed by atoms with Crippen molar-refractivity contribution in [1.82, 2.24) is 19.7 Å². The van der Waals surface area contributed by atoms with Gasteiger partial charge in [-0.3, -0.25) is 0 Å². The van der Waals surface area contributed by atoms with Crippen molar-refractivity contribution in [2.75, 3.05) is 7.11 Å². The van der Waals surface area contributed by atoms with Crippen LogP contribution in [0, 0.1) is 0 Å². The van der Waals surface area contributed by atoms with E-state index < -0.39 is 6.03 Å². The van der Waals surface area contributed by atoms with Gasteiger partial charge in [0.1, 0.15) is 11.4 Å². The molecular formula is C12H11N5O2. The summed E-state index contributed by atoms with van der Waals surface area (Å²) >= 11 is 0. The number of methoxy groups -OCH3 is 1. The first-order valence-electron chi connectivity index (χ1n) is 5.57. The van der Waals surface area contributed by atoms with Gasteiger partial charge in [0, 0.05) is 12.3 Å². The molecule has 0 aliphatic rings. The number of ether oxygens (including phenoxy) is 1. The van der Waals surface area contributed by atoms with Gasteiger partial charge < -0.3 is 15.5 Å². The Labute approximate surface area is 108 Å². The molecule has 1 aromatic carbocycles. The standard InChI is InChI=1S/C12H11N5O2/c1-19-7-2-3-8-10(6-7)15-11(14-8)9-4-5-17(16-9)12(13)18/h2-6H,1H3,(H2,13,18)(H,14,15). The summed E-state index contributed by atoms with van der Waals surface area (Å²) in [6, 6.07) is 6.55. The molecule has 0 spiro atoms. The number of nitrogens with zero attached hydrogens (tertiary/aromatic N) is 3. The number of carbonyl (C=O) groups is 1. The van der Waals surface area contributed by atoms with Crippen molar-refractivity contribution in [3.05, 3.63) is 30.5 Å². The fourth-order valence-corrected chi connectivity index (χ4v) is 1.81. The number of rotatable bonds is 2. The van der Waals surface area contributed by atoms with Crippen LogP contribution in [-0.4, -0.2) is 32.9 Å². The van der Waals surface area contributed by atoms with Crippen LogP contribution in [0.4, 0.5) is 4.79 Å². The van der Waals surface area contributed by atoms with Crippen molar-refractivity contribution < 1.29 is 9.53 Å². The number of fused-ring (bicyclic) bond motifs is 1. The van der Waals surface area contributed by atoms with Gasteiger partial charge in [0.05, 0.1) is 18.1 Å². The van der Waals surface area contributed by atoms with E-state index >= 15 is 0 Å². The number of hydrogen-bond donors (Lipinski definition) is 2. The molecule has 3 rings (SSSR count). The number of nitrogens with two attached hydrogens (primary N) is 1. The summed E-state index contributed by atoms with van der Waals surface area (Å²) < 4.78 is 6.20. The molecule has 0 bridgehead atoms. The summed E-state index contributed by atoms with van der Waals surface area (Å²) in [4.78, 5) is 18.5. The van der Waals surface area contributed by atoms with E-state index in [4.69, 9.17) is 10.5 Å². The molecule has 0 aliphatic carbocycles. The molecule has 0 unspecified atom stereocenters. The Balaban J connectivity index is 2.06. The lowest BCUT2D eigenvalue weighted by molar-refractivity contribution is 0.248. The third-order valence-corrected chi connectivity index (χ3v) is 2.75. The molecule has 3 aromatic rings. The molecule has 7 nitrogen and oxygen atoms in total. The second-order valence-corrected chi connectivity index (χ2v) is 3.95. The summed E-state index contributed by atoms with van der Waals surface area (Å²) in [5.41, 5.74) is 7.31. The SMILES string of the molecule is COc1ccc2nc(-c3ccn(C(N)=O)n3)[nH]c2c1. The Morgan fingerprint density at radius 2 is 2.26 bits per heavy atom. The molecular weight excluding hydrogens is 246 g/mol. The molecule has 7 heteroatoms. The van der Waals surface area contributed by atoms with Gasteiger partial charge in [-0.05, 0) is 18.2 Å². The normalized spacial score (nSPS) is 10.8. The second-order valence-electron chi connectivity index (χ2n) is 3.95. The highest BCUT2D eigenvalue weighted by molar-refractivity contribution is 5.80. The fourth-order valence-electron chi connectivity index (χ4n) is 1.81. The number of imidazole rings is 1. The molecule has 0 saturated heterocycles. The Bertz CT molecular complexity index is 758. The van der Waals surface area contributed by atoms with E-state index in [-0.39, 0.29) is 0 Å². The van der Waals surface area contributed by atoms with Crippen LogP contribution in [0.1, 0.15) is 0 Å². The number of aromatic nitrogens is 4. The summed E-state index contributed by atoms with van der Waals surface area (Å²) in [5.74, 6) is 1.31. The van der Waals surface area contributed by atoms with Gasteiger partial charge in [0.2, 0.25) is 0 Å². The zero-order valence-electron chi connectivity index (χ0n) is 10.1. The van der Waals surface area contributed by atoms with E-state index in [9.17, 15) is 4.79 Å². The van der Waals surface area contributed by atoms with Crippen LogP contribution in [0.5, 0.6) is 5.75 Å². The minimum atomic E-state index is -0.635. The van der Waals surface area contributed by atoms with Crippen LogP contribution in [-0.2, 0) is 0 Å². The Morgan fingerprint density at radius 3 is 2.95 bits per heavy atom. The van der Waals surface area contributed by atoms with Crippen LogP contribution in [0.3, 0.4) is 0 Å². The van der Waals surface area contributed by atoms with Gasteiger partial charge in [-0.25, -0.2) is 9.78 Å². The summed E-state index contributed by atoms with van der Waals surface area (Å²) in [6.07, 6.45) is 1.49. The van der Waals surface area contributed by atoms with Crippen molar-refractivity contribution in [2.45, 2.75) is 0 Å². The second kappa shape index (κ2) is 4.13. The van der Waals surface area contributed by atoms with Crippen LogP contribution in [0.25, 0.3) is 22.6 Å². The van der Waals surface area contributed by atoms with E-state index in [1.807, 2.05) is 18.2 Å². The Hall–Kier alpha value is -2.83. The highest BCUT2D eigenvalue weighted by Crippen LogP contribution is 2.22. The first-order valence-corrected chi connectivity index (χ1v) is 5.57. The van der Waals surface area contributed by atoms with Crippen molar-refractivity contribution >= 4 is 17.1 Å². The lowest BCUT2D eigenvalue weighted by Crippen LogP contribution is -2.19. The van der Waals surface area contributed by atoms with Gasteiger partial charge in [-0.1, -0.05) is 0 Å². The van der Waals surface area contributed by atoms with Crippen LogP contribution >= 0.6 is 0 Å². The molecule has 3 N–H and O–H groups in total. The minimum Gasteiger partial charge on any atom is -0.497 e. The highest BCUT2D eigenvalue weighted by atomic mass is 16.5. The molecule has 0 fully saturated rings. The molecule has 1 amide bonds. The van der Waals surface area contributed by atoms with Gasteiger partial charge in [-0.15, -0.1) is 0 Å². The topological polar surface area (TPSA) is 98.8 Å². The molecule has 96 valence electrons.